The molecule has 0 radical (unpaired) electrons. The van der Waals surface area contributed by atoms with Gasteiger partial charge in [0.05, 0.1) is 23.4 Å². The molecule has 9 nitrogen and oxygen atoms in total. The lowest BCUT2D eigenvalue weighted by atomic mass is 10.0. The average molecular weight is 603 g/mol. The number of aryl methyl sites for hydroxylation is 1. The van der Waals surface area contributed by atoms with Crippen LogP contribution in [0.1, 0.15) is 50.4 Å². The van der Waals surface area contributed by atoms with Crippen LogP contribution < -0.4 is 10.6 Å². The quantitative estimate of drug-likeness (QED) is 0.265. The molecule has 0 bridgehead atoms. The minimum atomic E-state index is -0.777. The third-order valence-electron chi connectivity index (χ3n) is 8.01. The fourth-order valence-corrected chi connectivity index (χ4v) is 6.12. The fraction of sp³-hybridized carbons (Fsp3) is 0.364. The monoisotopic (exact) mass is 602 g/mol. The summed E-state index contributed by atoms with van der Waals surface area (Å²) < 4.78 is 38.2. The summed E-state index contributed by atoms with van der Waals surface area (Å²) in [5.74, 6) is -1.47. The molecule has 11 heteroatoms. The van der Waals surface area contributed by atoms with E-state index in [2.05, 4.69) is 16.5 Å². The Labute approximate surface area is 254 Å². The number of fused-ring (bicyclic) bond motifs is 1. The van der Waals surface area contributed by atoms with Crippen molar-refractivity contribution in [2.45, 2.75) is 59.2 Å². The lowest BCUT2D eigenvalue weighted by Gasteiger charge is -2.45. The zero-order valence-corrected chi connectivity index (χ0v) is 25.8. The van der Waals surface area contributed by atoms with E-state index in [4.69, 9.17) is 9.72 Å². The Balaban J connectivity index is 1.86. The Morgan fingerprint density at radius 3 is 2.48 bits per heavy atom. The zero-order valence-electron chi connectivity index (χ0n) is 25.8. The van der Waals surface area contributed by atoms with Crippen LogP contribution in [0, 0.1) is 18.6 Å². The molecule has 0 saturated carbocycles. The van der Waals surface area contributed by atoms with Crippen LogP contribution in [0.25, 0.3) is 28.0 Å². The van der Waals surface area contributed by atoms with E-state index in [1.165, 1.54) is 36.0 Å². The van der Waals surface area contributed by atoms with E-state index in [0.717, 1.165) is 5.56 Å². The van der Waals surface area contributed by atoms with Gasteiger partial charge in [-0.2, -0.15) is 4.98 Å². The predicted molar refractivity (Wildman–Crippen MR) is 166 cm³/mol. The van der Waals surface area contributed by atoms with E-state index in [-0.39, 0.29) is 58.6 Å². The molecule has 0 N–H and O–H groups in total. The van der Waals surface area contributed by atoms with Crippen LogP contribution >= 0.6 is 0 Å². The Morgan fingerprint density at radius 1 is 1.14 bits per heavy atom. The summed E-state index contributed by atoms with van der Waals surface area (Å²) in [6.45, 7) is 13.9. The Hall–Kier alpha value is -4.51. The number of amides is 1. The lowest BCUT2D eigenvalue weighted by Crippen LogP contribution is -2.58. The van der Waals surface area contributed by atoms with E-state index >= 15 is 8.78 Å². The summed E-state index contributed by atoms with van der Waals surface area (Å²) in [6.07, 6.45) is 2.94. The number of benzene rings is 1. The SMILES string of the molecule is C=CC(=O)N1C[C@H](C)N(c2nc(=O)n(-c3c(C)ccnc3C(C)C)c3nc(-c4c(F)cccc4COC)c(F)cc23)[C@@H](C)C1. The van der Waals surface area contributed by atoms with Gasteiger partial charge in [-0.25, -0.2) is 23.1 Å². The van der Waals surface area contributed by atoms with Crippen LogP contribution in [-0.4, -0.2) is 62.6 Å². The predicted octanol–water partition coefficient (Wildman–Crippen LogP) is 5.31. The molecule has 3 aromatic heterocycles. The van der Waals surface area contributed by atoms with Gasteiger partial charge >= 0.3 is 5.69 Å². The summed E-state index contributed by atoms with van der Waals surface area (Å²) in [4.78, 5) is 43.9. The molecule has 1 amide bonds. The third-order valence-corrected chi connectivity index (χ3v) is 8.01. The topological polar surface area (TPSA) is 93.5 Å². The first-order valence-electron chi connectivity index (χ1n) is 14.5. The van der Waals surface area contributed by atoms with Gasteiger partial charge in [0.15, 0.2) is 5.65 Å². The molecular weight excluding hydrogens is 566 g/mol. The minimum Gasteiger partial charge on any atom is -0.380 e. The van der Waals surface area contributed by atoms with Crippen LogP contribution in [0.3, 0.4) is 0 Å². The first-order valence-corrected chi connectivity index (χ1v) is 14.5. The van der Waals surface area contributed by atoms with Crippen LogP contribution in [0.15, 0.2) is 54.0 Å². The van der Waals surface area contributed by atoms with Crippen molar-refractivity contribution in [3.63, 3.8) is 0 Å². The van der Waals surface area contributed by atoms with Crippen LogP contribution in [-0.2, 0) is 16.1 Å². The largest absolute Gasteiger partial charge is 0.380 e. The molecule has 230 valence electrons. The maximum Gasteiger partial charge on any atom is 0.355 e. The first-order chi connectivity index (χ1) is 21.0. The number of halogens is 2. The van der Waals surface area contributed by atoms with E-state index in [1.54, 1.807) is 23.2 Å². The summed E-state index contributed by atoms with van der Waals surface area (Å²) in [5, 5.41) is 0.274. The second kappa shape index (κ2) is 12.2. The van der Waals surface area contributed by atoms with E-state index in [9.17, 15) is 9.59 Å². The number of nitrogens with zero attached hydrogens (tertiary/aromatic N) is 6. The number of piperazine rings is 1. The fourth-order valence-electron chi connectivity index (χ4n) is 6.12. The Morgan fingerprint density at radius 2 is 1.84 bits per heavy atom. The number of ether oxygens (including phenoxy) is 1. The van der Waals surface area contributed by atoms with Gasteiger partial charge in [0.25, 0.3) is 0 Å². The number of anilines is 1. The molecule has 1 aromatic carbocycles. The Bertz CT molecular complexity index is 1810. The summed E-state index contributed by atoms with van der Waals surface area (Å²) in [7, 11) is 1.47. The highest BCUT2D eigenvalue weighted by Crippen LogP contribution is 2.36. The highest BCUT2D eigenvalue weighted by molar-refractivity contribution is 5.91. The minimum absolute atomic E-state index is 0.0304. The van der Waals surface area contributed by atoms with Gasteiger partial charge in [0.2, 0.25) is 5.91 Å². The highest BCUT2D eigenvalue weighted by Gasteiger charge is 2.35. The highest BCUT2D eigenvalue weighted by atomic mass is 19.1. The van der Waals surface area contributed by atoms with Crippen molar-refractivity contribution in [3.05, 3.63) is 88.1 Å². The second-order valence-electron chi connectivity index (χ2n) is 11.5. The number of carbonyl (C=O) groups excluding carboxylic acids is 1. The van der Waals surface area contributed by atoms with Gasteiger partial charge in [-0.05, 0) is 62.1 Å². The van der Waals surface area contributed by atoms with Gasteiger partial charge in [-0.3, -0.25) is 9.78 Å². The summed E-state index contributed by atoms with van der Waals surface area (Å²) in [6, 6.07) is 6.91. The number of aromatic nitrogens is 4. The van der Waals surface area contributed by atoms with Crippen molar-refractivity contribution in [1.29, 1.82) is 0 Å². The normalized spacial score (nSPS) is 17.0. The molecule has 5 rings (SSSR count). The van der Waals surface area contributed by atoms with Crippen molar-refractivity contribution < 1.29 is 18.3 Å². The van der Waals surface area contributed by atoms with Gasteiger partial charge in [-0.1, -0.05) is 32.6 Å². The molecule has 4 heterocycles. The van der Waals surface area contributed by atoms with Gasteiger partial charge in [0, 0.05) is 44.0 Å². The molecule has 0 unspecified atom stereocenters. The summed E-state index contributed by atoms with van der Waals surface area (Å²) in [5.41, 5.74) is 1.48. The lowest BCUT2D eigenvalue weighted by molar-refractivity contribution is -0.127. The standard InChI is InChI=1S/C33H36F2N6O3/c1-8-26(42)39-15-20(5)40(21(6)16-39)32-23-14-25(35)29(27-22(17-44-7)10-9-11-24(27)34)37-31(23)41(33(43)38-32)30-19(4)12-13-36-28(30)18(2)3/h8-14,18,20-21H,1,15-17H2,2-7H3/t20-,21-/m0/s1. The number of rotatable bonds is 7. The van der Waals surface area contributed by atoms with Crippen molar-refractivity contribution in [1.82, 2.24) is 24.4 Å². The maximum atomic E-state index is 16.2. The molecule has 1 fully saturated rings. The third kappa shape index (κ3) is 5.36. The molecular formula is C33H36F2N6O3. The van der Waals surface area contributed by atoms with Crippen molar-refractivity contribution in [2.24, 2.45) is 0 Å². The van der Waals surface area contributed by atoms with Crippen molar-refractivity contribution in [3.8, 4) is 16.9 Å². The molecule has 1 saturated heterocycles. The number of hydrogen-bond acceptors (Lipinski definition) is 7. The molecule has 1 aliphatic heterocycles. The number of hydrogen-bond donors (Lipinski definition) is 0. The number of methoxy groups -OCH3 is 1. The van der Waals surface area contributed by atoms with E-state index in [1.807, 2.05) is 39.5 Å². The summed E-state index contributed by atoms with van der Waals surface area (Å²) >= 11 is 0. The van der Waals surface area contributed by atoms with Gasteiger partial charge < -0.3 is 14.5 Å². The van der Waals surface area contributed by atoms with Crippen molar-refractivity contribution in [2.75, 3.05) is 25.1 Å². The van der Waals surface area contributed by atoms with Crippen LogP contribution in [0.4, 0.5) is 14.6 Å². The van der Waals surface area contributed by atoms with Gasteiger partial charge in [0.1, 0.15) is 23.1 Å². The molecule has 1 aliphatic rings. The van der Waals surface area contributed by atoms with E-state index < -0.39 is 17.3 Å². The smallest absolute Gasteiger partial charge is 0.355 e. The number of carbonyl (C=O) groups is 1. The van der Waals surface area contributed by atoms with E-state index in [0.29, 0.717) is 30.0 Å². The first kappa shape index (κ1) is 30.9. The molecule has 0 spiro atoms. The van der Waals surface area contributed by atoms with Crippen LogP contribution in [0.5, 0.6) is 0 Å². The molecule has 4 aromatic rings. The number of pyridine rings is 2. The second-order valence-corrected chi connectivity index (χ2v) is 11.5. The van der Waals surface area contributed by atoms with Gasteiger partial charge in [-0.15, -0.1) is 0 Å². The zero-order chi connectivity index (χ0) is 31.9. The molecule has 44 heavy (non-hydrogen) atoms. The Kier molecular flexibility index (Phi) is 8.60. The molecule has 0 aliphatic carbocycles. The average Bonchev–Trinajstić information content (AvgIpc) is 2.97. The van der Waals surface area contributed by atoms with Crippen LogP contribution in [0.2, 0.25) is 0 Å². The molecule has 2 atom stereocenters. The van der Waals surface area contributed by atoms with Crippen molar-refractivity contribution >= 4 is 22.8 Å². The maximum absolute atomic E-state index is 16.2.